The molecule has 1 unspecified atom stereocenters. The number of nitrogens with one attached hydrogen (secondary N) is 3. The lowest BCUT2D eigenvalue weighted by molar-refractivity contribution is -0.137. The van der Waals surface area contributed by atoms with Crippen molar-refractivity contribution in [1.82, 2.24) is 15.0 Å². The summed E-state index contributed by atoms with van der Waals surface area (Å²) in [7, 11) is 0. The summed E-state index contributed by atoms with van der Waals surface area (Å²) < 4.78 is 39.3. The number of aliphatic hydroxyl groups is 1. The number of benzene rings is 2. The van der Waals surface area contributed by atoms with Crippen LogP contribution in [0.1, 0.15) is 17.2 Å². The highest BCUT2D eigenvalue weighted by Crippen LogP contribution is 2.32. The maximum Gasteiger partial charge on any atom is 0.416 e. The van der Waals surface area contributed by atoms with Crippen LogP contribution in [-0.2, 0) is 6.18 Å². The van der Waals surface area contributed by atoms with Crippen LogP contribution in [0.15, 0.2) is 71.7 Å². The van der Waals surface area contributed by atoms with E-state index in [1.807, 2.05) is 30.3 Å². The number of fused-ring (bicyclic) bond motifs is 1. The summed E-state index contributed by atoms with van der Waals surface area (Å²) in [5.41, 5.74) is -0.152. The van der Waals surface area contributed by atoms with Crippen molar-refractivity contribution in [2.75, 3.05) is 17.2 Å². The number of aromatic nitrogens is 3. The first-order valence-corrected chi connectivity index (χ1v) is 9.61. The van der Waals surface area contributed by atoms with Gasteiger partial charge in [-0.3, -0.25) is 4.79 Å². The van der Waals surface area contributed by atoms with Crippen molar-refractivity contribution in [2.24, 2.45) is 0 Å². The minimum absolute atomic E-state index is 0.0309. The molecule has 0 aliphatic heterocycles. The van der Waals surface area contributed by atoms with Gasteiger partial charge in [-0.2, -0.15) is 18.2 Å². The zero-order valence-electron chi connectivity index (χ0n) is 16.5. The minimum atomic E-state index is -4.51. The van der Waals surface area contributed by atoms with Gasteiger partial charge in [-0.05, 0) is 29.8 Å². The molecule has 4 aromatic rings. The number of H-pyrrole nitrogens is 1. The number of rotatable bonds is 6. The van der Waals surface area contributed by atoms with Crippen molar-refractivity contribution in [3.8, 4) is 0 Å². The molecule has 2 aromatic heterocycles. The Bertz CT molecular complexity index is 1290. The van der Waals surface area contributed by atoms with E-state index in [9.17, 15) is 23.1 Å². The number of aromatic amines is 1. The van der Waals surface area contributed by atoms with E-state index >= 15 is 0 Å². The summed E-state index contributed by atoms with van der Waals surface area (Å²) in [6, 6.07) is 14.7. The Kier molecular flexibility index (Phi) is 5.78. The second kappa shape index (κ2) is 8.67. The van der Waals surface area contributed by atoms with Gasteiger partial charge in [-0.25, -0.2) is 4.98 Å². The van der Waals surface area contributed by atoms with Gasteiger partial charge in [-0.1, -0.05) is 36.4 Å². The molecule has 4 N–H and O–H groups in total. The fraction of sp³-hybridized carbons (Fsp3) is 0.136. The molecule has 0 spiro atoms. The van der Waals surface area contributed by atoms with Crippen molar-refractivity contribution < 1.29 is 18.3 Å². The van der Waals surface area contributed by atoms with E-state index in [4.69, 9.17) is 0 Å². The molecule has 7 nitrogen and oxygen atoms in total. The van der Waals surface area contributed by atoms with Crippen molar-refractivity contribution in [1.29, 1.82) is 0 Å². The summed E-state index contributed by atoms with van der Waals surface area (Å²) in [5.74, 6) is 0.129. The lowest BCUT2D eigenvalue weighted by atomic mass is 10.1. The van der Waals surface area contributed by atoms with Gasteiger partial charge in [0.05, 0.1) is 23.7 Å². The normalized spacial score (nSPS) is 12.5. The van der Waals surface area contributed by atoms with Crippen LogP contribution < -0.4 is 16.2 Å². The highest BCUT2D eigenvalue weighted by molar-refractivity contribution is 5.90. The molecule has 0 radical (unpaired) electrons. The molecule has 0 bridgehead atoms. The Morgan fingerprint density at radius 1 is 1.03 bits per heavy atom. The number of halogens is 3. The zero-order chi connectivity index (χ0) is 22.7. The largest absolute Gasteiger partial charge is 0.416 e. The van der Waals surface area contributed by atoms with Gasteiger partial charge < -0.3 is 20.7 Å². The topological polar surface area (TPSA) is 103 Å². The van der Waals surface area contributed by atoms with Crippen LogP contribution in [0.3, 0.4) is 0 Å². The predicted octanol–water partition coefficient (Wildman–Crippen LogP) is 4.23. The molecule has 164 valence electrons. The van der Waals surface area contributed by atoms with Gasteiger partial charge in [-0.15, -0.1) is 0 Å². The van der Waals surface area contributed by atoms with Gasteiger partial charge in [0.15, 0.2) is 0 Å². The van der Waals surface area contributed by atoms with E-state index in [2.05, 4.69) is 25.6 Å². The van der Waals surface area contributed by atoms with E-state index < -0.39 is 23.3 Å². The molecule has 0 fully saturated rings. The Morgan fingerprint density at radius 2 is 1.81 bits per heavy atom. The fourth-order valence-electron chi connectivity index (χ4n) is 3.23. The third-order valence-electron chi connectivity index (χ3n) is 4.76. The van der Waals surface area contributed by atoms with Crippen LogP contribution in [0.2, 0.25) is 0 Å². The monoisotopic (exact) mass is 441 g/mol. The van der Waals surface area contributed by atoms with Gasteiger partial charge in [0, 0.05) is 11.9 Å². The fourth-order valence-corrected chi connectivity index (χ4v) is 3.23. The van der Waals surface area contributed by atoms with E-state index in [1.165, 1.54) is 18.3 Å². The molecule has 0 saturated carbocycles. The summed E-state index contributed by atoms with van der Waals surface area (Å²) in [5, 5.41) is 15.7. The quantitative estimate of drug-likeness (QED) is 0.357. The van der Waals surface area contributed by atoms with Crippen molar-refractivity contribution in [2.45, 2.75) is 12.2 Å². The van der Waals surface area contributed by atoms with E-state index in [1.54, 1.807) is 6.07 Å². The molecule has 2 aromatic carbocycles. The Balaban J connectivity index is 1.76. The van der Waals surface area contributed by atoms with Gasteiger partial charge in [0.2, 0.25) is 5.95 Å². The minimum Gasteiger partial charge on any atom is -0.394 e. The first-order chi connectivity index (χ1) is 15.3. The highest BCUT2D eigenvalue weighted by Gasteiger charge is 2.30. The van der Waals surface area contributed by atoms with Crippen LogP contribution in [0.25, 0.3) is 10.9 Å². The smallest absolute Gasteiger partial charge is 0.394 e. The lowest BCUT2D eigenvalue weighted by Crippen LogP contribution is -2.18. The van der Waals surface area contributed by atoms with Gasteiger partial charge in [0.25, 0.3) is 5.56 Å². The molecule has 10 heteroatoms. The molecule has 0 aliphatic carbocycles. The number of alkyl halides is 3. The van der Waals surface area contributed by atoms with Crippen LogP contribution in [0.4, 0.5) is 30.6 Å². The second-order valence-corrected chi connectivity index (χ2v) is 6.96. The third kappa shape index (κ3) is 4.54. The molecule has 4 rings (SSSR count). The molecular formula is C22H18F3N5O2. The highest BCUT2D eigenvalue weighted by atomic mass is 19.4. The number of pyridine rings is 1. The standard InChI is InChI=1S/C22H18F3N5O2/c23-22(24,25)14-7-4-8-15(11-14)27-19-18-16(9-10-26-20(18)32)28-21(30-19)29-17(12-31)13-5-2-1-3-6-13/h1-11,17,31H,12H2,(H,26,32)(H2,27,28,29,30). The first-order valence-electron chi connectivity index (χ1n) is 9.61. The van der Waals surface area contributed by atoms with Crippen LogP contribution in [0, 0.1) is 0 Å². The summed E-state index contributed by atoms with van der Waals surface area (Å²) in [6.45, 7) is -0.253. The molecule has 2 heterocycles. The average molecular weight is 441 g/mol. The number of hydrogen-bond acceptors (Lipinski definition) is 6. The van der Waals surface area contributed by atoms with Crippen LogP contribution in [0.5, 0.6) is 0 Å². The molecule has 0 aliphatic rings. The number of nitrogens with zero attached hydrogens (tertiary/aromatic N) is 2. The average Bonchev–Trinajstić information content (AvgIpc) is 2.77. The van der Waals surface area contributed by atoms with E-state index in [-0.39, 0.29) is 35.0 Å². The van der Waals surface area contributed by atoms with Crippen molar-refractivity contribution in [3.05, 3.63) is 88.3 Å². The van der Waals surface area contributed by atoms with Crippen LogP contribution >= 0.6 is 0 Å². The number of anilines is 3. The zero-order valence-corrected chi connectivity index (χ0v) is 16.5. The second-order valence-electron chi connectivity index (χ2n) is 6.96. The van der Waals surface area contributed by atoms with Gasteiger partial charge >= 0.3 is 6.18 Å². The third-order valence-corrected chi connectivity index (χ3v) is 4.76. The summed E-state index contributed by atoms with van der Waals surface area (Å²) in [6.07, 6.45) is -3.10. The molecule has 0 saturated heterocycles. The first kappa shape index (κ1) is 21.3. The molecule has 0 amide bonds. The SMILES string of the molecule is O=c1[nH]ccc2nc(NC(CO)c3ccccc3)nc(Nc3cccc(C(F)(F)F)c3)c12. The Morgan fingerprint density at radius 3 is 2.53 bits per heavy atom. The van der Waals surface area contributed by atoms with Crippen molar-refractivity contribution in [3.63, 3.8) is 0 Å². The Hall–Kier alpha value is -3.92. The maximum atomic E-state index is 13.1. The van der Waals surface area contributed by atoms with Crippen molar-refractivity contribution >= 4 is 28.4 Å². The van der Waals surface area contributed by atoms with Gasteiger partial charge in [0.1, 0.15) is 11.2 Å². The molecule has 32 heavy (non-hydrogen) atoms. The van der Waals surface area contributed by atoms with E-state index in [0.29, 0.717) is 0 Å². The molecule has 1 atom stereocenters. The predicted molar refractivity (Wildman–Crippen MR) is 115 cm³/mol. The number of aliphatic hydroxyl groups excluding tert-OH is 1. The van der Waals surface area contributed by atoms with Crippen LogP contribution in [-0.4, -0.2) is 26.7 Å². The molecular weight excluding hydrogens is 423 g/mol. The lowest BCUT2D eigenvalue weighted by Gasteiger charge is -2.18. The van der Waals surface area contributed by atoms with E-state index in [0.717, 1.165) is 17.7 Å². The summed E-state index contributed by atoms with van der Waals surface area (Å²) >= 11 is 0. The maximum absolute atomic E-state index is 13.1. The number of hydrogen-bond donors (Lipinski definition) is 4. The Labute approximate surface area is 180 Å². The summed E-state index contributed by atoms with van der Waals surface area (Å²) in [4.78, 5) is 23.6.